The average Bonchev–Trinajstić information content (AvgIpc) is 2.49. The van der Waals surface area contributed by atoms with E-state index in [1.54, 1.807) is 0 Å². The van der Waals surface area contributed by atoms with Gasteiger partial charge in [0.1, 0.15) is 0 Å². The summed E-state index contributed by atoms with van der Waals surface area (Å²) in [6.45, 7) is 3.67. The minimum Gasteiger partial charge on any atom is -0.391 e. The monoisotopic (exact) mass is 199 g/mol. The van der Waals surface area contributed by atoms with E-state index in [-0.39, 0.29) is 6.10 Å². The third-order valence-corrected chi connectivity index (χ3v) is 3.62. The van der Waals surface area contributed by atoms with Crippen molar-refractivity contribution >= 4 is 0 Å². The summed E-state index contributed by atoms with van der Waals surface area (Å²) < 4.78 is 0. The third-order valence-electron chi connectivity index (χ3n) is 3.62. The van der Waals surface area contributed by atoms with Crippen LogP contribution in [0.3, 0.4) is 0 Å². The summed E-state index contributed by atoms with van der Waals surface area (Å²) >= 11 is 0. The van der Waals surface area contributed by atoms with E-state index in [1.165, 1.54) is 0 Å². The zero-order valence-corrected chi connectivity index (χ0v) is 8.95. The quantitative estimate of drug-likeness (QED) is 0.655. The number of nitrogens with zero attached hydrogens (tertiary/aromatic N) is 1. The van der Waals surface area contributed by atoms with E-state index in [1.807, 2.05) is 6.92 Å². The Morgan fingerprint density at radius 3 is 2.64 bits per heavy atom. The fraction of sp³-hybridized carbons (Fsp3) is 1.00. The highest BCUT2D eigenvalue weighted by atomic mass is 16.3. The number of rotatable bonds is 1. The number of aliphatic hydroxyl groups is 2. The van der Waals surface area contributed by atoms with Gasteiger partial charge in [-0.3, -0.25) is 4.90 Å². The maximum absolute atomic E-state index is 9.97. The molecular formula is C11H21NO2. The van der Waals surface area contributed by atoms with E-state index in [2.05, 4.69) is 4.90 Å². The van der Waals surface area contributed by atoms with Gasteiger partial charge in [0.05, 0.1) is 11.7 Å². The van der Waals surface area contributed by atoms with Crippen LogP contribution < -0.4 is 0 Å². The molecule has 1 aliphatic heterocycles. The van der Waals surface area contributed by atoms with Crippen molar-refractivity contribution in [2.45, 2.75) is 56.8 Å². The Hall–Kier alpha value is -0.120. The van der Waals surface area contributed by atoms with Crippen molar-refractivity contribution in [2.75, 3.05) is 13.1 Å². The minimum absolute atomic E-state index is 0.163. The molecule has 2 N–H and O–H groups in total. The molecule has 1 heterocycles. The van der Waals surface area contributed by atoms with Crippen LogP contribution in [0.4, 0.5) is 0 Å². The molecule has 3 nitrogen and oxygen atoms in total. The molecule has 1 unspecified atom stereocenters. The second-order valence-corrected chi connectivity index (χ2v) is 5.14. The predicted octanol–water partition coefficient (Wildman–Crippen LogP) is 0.747. The first kappa shape index (κ1) is 10.4. The van der Waals surface area contributed by atoms with Crippen molar-refractivity contribution in [1.29, 1.82) is 0 Å². The highest BCUT2D eigenvalue weighted by molar-refractivity contribution is 4.91. The van der Waals surface area contributed by atoms with Crippen LogP contribution in [0.2, 0.25) is 0 Å². The molecule has 0 aromatic carbocycles. The van der Waals surface area contributed by atoms with Gasteiger partial charge in [0.25, 0.3) is 0 Å². The summed E-state index contributed by atoms with van der Waals surface area (Å²) in [5.41, 5.74) is -0.541. The van der Waals surface area contributed by atoms with Crippen molar-refractivity contribution in [3.63, 3.8) is 0 Å². The van der Waals surface area contributed by atoms with Gasteiger partial charge in [-0.2, -0.15) is 0 Å². The topological polar surface area (TPSA) is 43.7 Å². The largest absolute Gasteiger partial charge is 0.391 e. The summed E-state index contributed by atoms with van der Waals surface area (Å²) in [4.78, 5) is 2.28. The lowest BCUT2D eigenvalue weighted by Gasteiger charge is -2.41. The molecule has 0 radical (unpaired) electrons. The third kappa shape index (κ3) is 2.10. The van der Waals surface area contributed by atoms with Crippen molar-refractivity contribution in [2.24, 2.45) is 0 Å². The van der Waals surface area contributed by atoms with Gasteiger partial charge in [0.15, 0.2) is 0 Å². The molecule has 0 amide bonds. The van der Waals surface area contributed by atoms with E-state index in [0.29, 0.717) is 6.04 Å². The fourth-order valence-corrected chi connectivity index (χ4v) is 2.89. The molecule has 82 valence electrons. The van der Waals surface area contributed by atoms with E-state index in [9.17, 15) is 10.2 Å². The van der Waals surface area contributed by atoms with Gasteiger partial charge in [-0.25, -0.2) is 0 Å². The molecule has 0 bridgehead atoms. The van der Waals surface area contributed by atoms with Crippen molar-refractivity contribution < 1.29 is 10.2 Å². The zero-order valence-electron chi connectivity index (χ0n) is 8.95. The second-order valence-electron chi connectivity index (χ2n) is 5.14. The van der Waals surface area contributed by atoms with Gasteiger partial charge in [0.2, 0.25) is 0 Å². The Bertz CT molecular complexity index is 205. The molecule has 0 aromatic heterocycles. The molecule has 3 atom stereocenters. The normalized spacial score (nSPS) is 45.6. The van der Waals surface area contributed by atoms with Crippen LogP contribution in [-0.4, -0.2) is 45.9 Å². The first-order valence-corrected chi connectivity index (χ1v) is 5.73. The SMILES string of the molecule is CC1(O)CCCN([C@H]2CCC[C@@H]2O)C1. The first-order valence-electron chi connectivity index (χ1n) is 5.73. The molecule has 2 rings (SSSR count). The Morgan fingerprint density at radius 2 is 2.07 bits per heavy atom. The zero-order chi connectivity index (χ0) is 10.2. The Morgan fingerprint density at radius 1 is 1.29 bits per heavy atom. The average molecular weight is 199 g/mol. The lowest BCUT2D eigenvalue weighted by molar-refractivity contribution is -0.0461. The lowest BCUT2D eigenvalue weighted by atomic mass is 9.93. The van der Waals surface area contributed by atoms with Gasteiger partial charge in [0, 0.05) is 12.6 Å². The van der Waals surface area contributed by atoms with E-state index in [0.717, 1.165) is 45.2 Å². The number of aliphatic hydroxyl groups excluding tert-OH is 1. The molecule has 1 saturated carbocycles. The van der Waals surface area contributed by atoms with Gasteiger partial charge < -0.3 is 10.2 Å². The number of piperidine rings is 1. The van der Waals surface area contributed by atoms with Crippen LogP contribution >= 0.6 is 0 Å². The van der Waals surface area contributed by atoms with Crippen LogP contribution in [-0.2, 0) is 0 Å². The van der Waals surface area contributed by atoms with Crippen molar-refractivity contribution in [1.82, 2.24) is 4.90 Å². The van der Waals surface area contributed by atoms with Crippen LogP contribution in [0.1, 0.15) is 39.0 Å². The van der Waals surface area contributed by atoms with E-state index < -0.39 is 5.60 Å². The molecule has 2 aliphatic rings. The molecule has 14 heavy (non-hydrogen) atoms. The Labute approximate surface area is 85.7 Å². The number of likely N-dealkylation sites (tertiary alicyclic amines) is 1. The van der Waals surface area contributed by atoms with Crippen molar-refractivity contribution in [3.8, 4) is 0 Å². The molecule has 2 fully saturated rings. The highest BCUT2D eigenvalue weighted by Gasteiger charge is 2.36. The lowest BCUT2D eigenvalue weighted by Crippen LogP contribution is -2.52. The van der Waals surface area contributed by atoms with E-state index >= 15 is 0 Å². The van der Waals surface area contributed by atoms with Gasteiger partial charge in [-0.05, 0) is 45.6 Å². The predicted molar refractivity (Wildman–Crippen MR) is 55.1 cm³/mol. The van der Waals surface area contributed by atoms with Crippen LogP contribution in [0.15, 0.2) is 0 Å². The molecule has 3 heteroatoms. The molecular weight excluding hydrogens is 178 g/mol. The van der Waals surface area contributed by atoms with Crippen LogP contribution in [0.25, 0.3) is 0 Å². The second kappa shape index (κ2) is 3.80. The molecule has 1 saturated heterocycles. The molecule has 1 aliphatic carbocycles. The summed E-state index contributed by atoms with van der Waals surface area (Å²) in [5, 5.41) is 19.8. The number of β-amino-alcohol motifs (C(OH)–C–C–N with tert-alkyl or cyclic N) is 1. The minimum atomic E-state index is -0.541. The summed E-state index contributed by atoms with van der Waals surface area (Å²) in [7, 11) is 0. The summed E-state index contributed by atoms with van der Waals surface area (Å²) in [6.07, 6.45) is 4.94. The van der Waals surface area contributed by atoms with Gasteiger partial charge in [-0.1, -0.05) is 0 Å². The summed E-state index contributed by atoms with van der Waals surface area (Å²) in [5.74, 6) is 0. The van der Waals surface area contributed by atoms with E-state index in [4.69, 9.17) is 0 Å². The van der Waals surface area contributed by atoms with Crippen LogP contribution in [0, 0.1) is 0 Å². The highest BCUT2D eigenvalue weighted by Crippen LogP contribution is 2.29. The Kier molecular flexibility index (Phi) is 2.82. The standard InChI is InChI=1S/C11H21NO2/c1-11(14)6-3-7-12(8-11)9-4-2-5-10(9)13/h9-10,13-14H,2-8H2,1H3/t9-,10-,11?/m0/s1. The first-order chi connectivity index (χ1) is 6.58. The smallest absolute Gasteiger partial charge is 0.0746 e. The maximum atomic E-state index is 9.97. The van der Waals surface area contributed by atoms with Crippen molar-refractivity contribution in [3.05, 3.63) is 0 Å². The van der Waals surface area contributed by atoms with Gasteiger partial charge >= 0.3 is 0 Å². The molecule has 0 aromatic rings. The fourth-order valence-electron chi connectivity index (χ4n) is 2.89. The van der Waals surface area contributed by atoms with Gasteiger partial charge in [-0.15, -0.1) is 0 Å². The number of hydrogen-bond donors (Lipinski definition) is 2. The molecule has 0 spiro atoms. The number of hydrogen-bond acceptors (Lipinski definition) is 3. The summed E-state index contributed by atoms with van der Waals surface area (Å²) in [6, 6.07) is 0.307. The van der Waals surface area contributed by atoms with Crippen LogP contribution in [0.5, 0.6) is 0 Å². The maximum Gasteiger partial charge on any atom is 0.0746 e. The Balaban J connectivity index is 1.97.